The number of nitrogens with zero attached hydrogens (tertiary/aromatic N) is 1. The maximum atomic E-state index is 11.9. The minimum Gasteiger partial charge on any atom is -0.298 e. The van der Waals surface area contributed by atoms with Gasteiger partial charge in [-0.25, -0.2) is 0 Å². The molecule has 0 spiro atoms. The minimum atomic E-state index is -0.261. The number of imide groups is 1. The number of likely N-dealkylation sites (tertiary alicyclic amines) is 1. The lowest BCUT2D eigenvalue weighted by Gasteiger charge is -2.30. The fourth-order valence-corrected chi connectivity index (χ4v) is 3.47. The van der Waals surface area contributed by atoms with Crippen LogP contribution in [0.5, 0.6) is 0 Å². The summed E-state index contributed by atoms with van der Waals surface area (Å²) in [6.07, 6.45) is 1.01. The molecule has 2 heterocycles. The highest BCUT2D eigenvalue weighted by Crippen LogP contribution is 2.26. The van der Waals surface area contributed by atoms with E-state index >= 15 is 0 Å². The third kappa shape index (κ3) is 2.81. The van der Waals surface area contributed by atoms with E-state index in [1.165, 1.54) is 9.78 Å². The Morgan fingerprint density at radius 2 is 2.28 bits per heavy atom. The molecule has 6 heteroatoms. The van der Waals surface area contributed by atoms with Gasteiger partial charge in [-0.1, -0.05) is 0 Å². The summed E-state index contributed by atoms with van der Waals surface area (Å²) in [6.45, 7) is 2.03. The Balaban J connectivity index is 2.01. The van der Waals surface area contributed by atoms with Crippen LogP contribution < -0.4 is 5.32 Å². The molecule has 18 heavy (non-hydrogen) atoms. The lowest BCUT2D eigenvalue weighted by molar-refractivity contribution is -0.148. The Labute approximate surface area is 118 Å². The Morgan fingerprint density at radius 1 is 1.56 bits per heavy atom. The Bertz CT molecular complexity index is 474. The molecule has 1 aliphatic rings. The molecule has 1 fully saturated rings. The van der Waals surface area contributed by atoms with E-state index in [2.05, 4.69) is 21.2 Å². The normalized spacial score (nSPS) is 22.4. The molecule has 0 aliphatic carbocycles. The SMILES string of the molecule is CC(NC1CCC(=O)N(C)C1=O)c1cc(Br)cs1. The first kappa shape index (κ1) is 13.7. The molecule has 1 saturated heterocycles. The second-order valence-corrected chi connectivity index (χ2v) is 6.30. The third-order valence-corrected chi connectivity index (χ3v) is 4.99. The average molecular weight is 331 g/mol. The van der Waals surface area contributed by atoms with Gasteiger partial charge in [0.2, 0.25) is 11.8 Å². The Hall–Kier alpha value is -0.720. The van der Waals surface area contributed by atoms with E-state index < -0.39 is 0 Å². The first-order valence-electron chi connectivity index (χ1n) is 5.79. The van der Waals surface area contributed by atoms with E-state index in [0.717, 1.165) is 4.47 Å². The number of rotatable bonds is 3. The fraction of sp³-hybridized carbons (Fsp3) is 0.500. The van der Waals surface area contributed by atoms with Crippen molar-refractivity contribution in [3.8, 4) is 0 Å². The molecule has 0 bridgehead atoms. The second-order valence-electron chi connectivity index (χ2n) is 4.44. The minimum absolute atomic E-state index is 0.0930. The molecule has 0 aromatic carbocycles. The topological polar surface area (TPSA) is 49.4 Å². The first-order chi connectivity index (χ1) is 8.49. The van der Waals surface area contributed by atoms with E-state index in [4.69, 9.17) is 0 Å². The monoisotopic (exact) mass is 330 g/mol. The second kappa shape index (κ2) is 5.50. The van der Waals surface area contributed by atoms with Crippen molar-refractivity contribution in [2.24, 2.45) is 0 Å². The van der Waals surface area contributed by atoms with Crippen LogP contribution in [0, 0.1) is 0 Å². The van der Waals surface area contributed by atoms with Crippen LogP contribution in [-0.2, 0) is 9.59 Å². The van der Waals surface area contributed by atoms with Gasteiger partial charge in [-0.3, -0.25) is 19.8 Å². The van der Waals surface area contributed by atoms with E-state index in [1.54, 1.807) is 18.4 Å². The molecule has 98 valence electrons. The van der Waals surface area contributed by atoms with Crippen molar-refractivity contribution < 1.29 is 9.59 Å². The van der Waals surface area contributed by atoms with Gasteiger partial charge in [-0.15, -0.1) is 11.3 Å². The number of likely N-dealkylation sites (N-methyl/N-ethyl adjacent to an activating group) is 1. The molecule has 0 radical (unpaired) electrons. The predicted octanol–water partition coefficient (Wildman–Crippen LogP) is 2.31. The molecule has 4 nitrogen and oxygen atoms in total. The highest BCUT2D eigenvalue weighted by Gasteiger charge is 2.32. The van der Waals surface area contributed by atoms with Crippen molar-refractivity contribution in [1.29, 1.82) is 0 Å². The molecule has 2 rings (SSSR count). The standard InChI is InChI=1S/C12H15BrN2O2S/c1-7(10-5-8(13)6-18-10)14-9-3-4-11(16)15(2)12(9)17/h5-7,9,14H,3-4H2,1-2H3. The van der Waals surface area contributed by atoms with Crippen LogP contribution in [0.15, 0.2) is 15.9 Å². The van der Waals surface area contributed by atoms with Crippen molar-refractivity contribution in [3.63, 3.8) is 0 Å². The smallest absolute Gasteiger partial charge is 0.246 e. The van der Waals surface area contributed by atoms with Crippen LogP contribution in [0.25, 0.3) is 0 Å². The lowest BCUT2D eigenvalue weighted by Crippen LogP contribution is -2.51. The van der Waals surface area contributed by atoms with Gasteiger partial charge in [0.25, 0.3) is 0 Å². The van der Waals surface area contributed by atoms with Crippen LogP contribution in [0.3, 0.4) is 0 Å². The van der Waals surface area contributed by atoms with Crippen molar-refractivity contribution >= 4 is 39.1 Å². The molecule has 0 saturated carbocycles. The highest BCUT2D eigenvalue weighted by atomic mass is 79.9. The zero-order valence-electron chi connectivity index (χ0n) is 10.3. The van der Waals surface area contributed by atoms with Gasteiger partial charge in [-0.2, -0.15) is 0 Å². The van der Waals surface area contributed by atoms with Crippen LogP contribution >= 0.6 is 27.3 Å². The maximum Gasteiger partial charge on any atom is 0.246 e. The summed E-state index contributed by atoms with van der Waals surface area (Å²) >= 11 is 5.07. The first-order valence-corrected chi connectivity index (χ1v) is 7.46. The third-order valence-electron chi connectivity index (χ3n) is 3.12. The number of hydrogen-bond donors (Lipinski definition) is 1. The highest BCUT2D eigenvalue weighted by molar-refractivity contribution is 9.10. The van der Waals surface area contributed by atoms with Crippen LogP contribution in [-0.4, -0.2) is 29.8 Å². The molecule has 1 aromatic heterocycles. The molecular weight excluding hydrogens is 316 g/mol. The molecule has 1 N–H and O–H groups in total. The van der Waals surface area contributed by atoms with Gasteiger partial charge in [0.15, 0.2) is 0 Å². The average Bonchev–Trinajstić information content (AvgIpc) is 2.77. The van der Waals surface area contributed by atoms with Gasteiger partial charge in [0, 0.05) is 34.2 Å². The predicted molar refractivity (Wildman–Crippen MR) is 74.4 cm³/mol. The number of piperidine rings is 1. The Kier molecular flexibility index (Phi) is 4.19. The zero-order valence-corrected chi connectivity index (χ0v) is 12.7. The van der Waals surface area contributed by atoms with Gasteiger partial charge >= 0.3 is 0 Å². The van der Waals surface area contributed by atoms with E-state index in [-0.39, 0.29) is 23.9 Å². The molecule has 2 atom stereocenters. The summed E-state index contributed by atoms with van der Waals surface area (Å²) in [4.78, 5) is 25.7. The number of hydrogen-bond acceptors (Lipinski definition) is 4. The van der Waals surface area contributed by atoms with Crippen molar-refractivity contribution in [2.45, 2.75) is 31.8 Å². The van der Waals surface area contributed by atoms with Gasteiger partial charge in [0.1, 0.15) is 0 Å². The summed E-state index contributed by atoms with van der Waals surface area (Å²) in [6, 6.07) is 1.89. The summed E-state index contributed by atoms with van der Waals surface area (Å²) in [7, 11) is 1.55. The number of amides is 2. The number of thiophene rings is 1. The summed E-state index contributed by atoms with van der Waals surface area (Å²) in [5.41, 5.74) is 0. The largest absolute Gasteiger partial charge is 0.298 e. The summed E-state index contributed by atoms with van der Waals surface area (Å²) < 4.78 is 1.05. The maximum absolute atomic E-state index is 11.9. The molecular formula is C12H15BrN2O2S. The number of carbonyl (C=O) groups is 2. The van der Waals surface area contributed by atoms with E-state index in [9.17, 15) is 9.59 Å². The van der Waals surface area contributed by atoms with E-state index in [1.807, 2.05) is 18.4 Å². The Morgan fingerprint density at radius 3 is 2.89 bits per heavy atom. The number of halogens is 1. The van der Waals surface area contributed by atoms with Crippen molar-refractivity contribution in [3.05, 3.63) is 20.8 Å². The van der Waals surface area contributed by atoms with Gasteiger partial charge in [0.05, 0.1) is 6.04 Å². The quantitative estimate of drug-likeness (QED) is 0.865. The van der Waals surface area contributed by atoms with Gasteiger partial charge < -0.3 is 0 Å². The fourth-order valence-electron chi connectivity index (χ4n) is 2.01. The lowest BCUT2D eigenvalue weighted by atomic mass is 10.0. The van der Waals surface area contributed by atoms with Crippen molar-refractivity contribution in [1.82, 2.24) is 10.2 Å². The summed E-state index contributed by atoms with van der Waals surface area (Å²) in [5.74, 6) is -0.224. The number of nitrogens with one attached hydrogen (secondary N) is 1. The zero-order chi connectivity index (χ0) is 13.3. The molecule has 2 unspecified atom stereocenters. The van der Waals surface area contributed by atoms with E-state index in [0.29, 0.717) is 12.8 Å². The molecule has 1 aliphatic heterocycles. The van der Waals surface area contributed by atoms with Crippen LogP contribution in [0.4, 0.5) is 0 Å². The van der Waals surface area contributed by atoms with Crippen LogP contribution in [0.2, 0.25) is 0 Å². The van der Waals surface area contributed by atoms with Crippen molar-refractivity contribution in [2.75, 3.05) is 7.05 Å². The van der Waals surface area contributed by atoms with Crippen LogP contribution in [0.1, 0.15) is 30.7 Å². The van der Waals surface area contributed by atoms with Gasteiger partial charge in [-0.05, 0) is 35.3 Å². The number of carbonyl (C=O) groups excluding carboxylic acids is 2. The summed E-state index contributed by atoms with van der Waals surface area (Å²) in [5, 5.41) is 5.32. The molecule has 1 aromatic rings. The molecule has 2 amide bonds.